The summed E-state index contributed by atoms with van der Waals surface area (Å²) in [5, 5.41) is 15.5. The number of amides is 1. The molecule has 1 amide bonds. The molecule has 1 aromatic carbocycles. The summed E-state index contributed by atoms with van der Waals surface area (Å²) in [7, 11) is 0. The Balaban J connectivity index is 1.47. The van der Waals surface area contributed by atoms with E-state index in [0.29, 0.717) is 23.6 Å². The number of carbonyl (C=O) groups excluding carboxylic acids is 1. The fourth-order valence-electron chi connectivity index (χ4n) is 3.33. The highest BCUT2D eigenvalue weighted by molar-refractivity contribution is 8.01. The standard InChI is InChI=1S/C19H26N4OS2/c1-12-6-4-8-15(10-12)20-18-22-23-19(26-18)25-11-17(24)21-16-9-5-7-13(2)14(16)3/h4,6,8,10,13-14,16H,5,7,9,11H2,1-3H3,(H,20,22)(H,21,24)/t13-,14+,16+/m0/s1. The maximum absolute atomic E-state index is 12.3. The molecule has 1 fully saturated rings. The number of nitrogens with one attached hydrogen (secondary N) is 2. The molecule has 0 bridgehead atoms. The van der Waals surface area contributed by atoms with Crippen molar-refractivity contribution in [3.8, 4) is 0 Å². The maximum Gasteiger partial charge on any atom is 0.230 e. The molecular weight excluding hydrogens is 364 g/mol. The van der Waals surface area contributed by atoms with Crippen molar-refractivity contribution in [3.05, 3.63) is 29.8 Å². The van der Waals surface area contributed by atoms with Crippen LogP contribution in [0.2, 0.25) is 0 Å². The van der Waals surface area contributed by atoms with E-state index in [0.717, 1.165) is 21.6 Å². The SMILES string of the molecule is Cc1cccc(Nc2nnc(SCC(=O)N[C@@H]3CCC[C@H](C)[C@H]3C)s2)c1. The first-order valence-corrected chi connectivity index (χ1v) is 10.9. The van der Waals surface area contributed by atoms with Gasteiger partial charge in [-0.3, -0.25) is 4.79 Å². The summed E-state index contributed by atoms with van der Waals surface area (Å²) in [6.07, 6.45) is 3.56. The molecule has 1 saturated carbocycles. The lowest BCUT2D eigenvalue weighted by Gasteiger charge is -2.34. The minimum absolute atomic E-state index is 0.0874. The van der Waals surface area contributed by atoms with Crippen LogP contribution in [0.5, 0.6) is 0 Å². The molecule has 3 rings (SSSR count). The second-order valence-electron chi connectivity index (χ2n) is 7.10. The molecule has 2 N–H and O–H groups in total. The van der Waals surface area contributed by atoms with Crippen molar-refractivity contribution >= 4 is 39.8 Å². The molecule has 7 heteroatoms. The Labute approximate surface area is 163 Å². The van der Waals surface area contributed by atoms with Crippen LogP contribution in [-0.2, 0) is 4.79 Å². The van der Waals surface area contributed by atoms with Crippen LogP contribution in [0.1, 0.15) is 38.7 Å². The Kier molecular flexibility index (Phi) is 6.53. The first-order valence-electron chi connectivity index (χ1n) is 9.10. The first-order chi connectivity index (χ1) is 12.5. The van der Waals surface area contributed by atoms with Gasteiger partial charge in [0.25, 0.3) is 0 Å². The molecule has 1 heterocycles. The number of nitrogens with zero attached hydrogens (tertiary/aromatic N) is 2. The van der Waals surface area contributed by atoms with E-state index in [-0.39, 0.29) is 5.91 Å². The number of aromatic nitrogens is 2. The number of hydrogen-bond donors (Lipinski definition) is 2. The number of aryl methyl sites for hydroxylation is 1. The monoisotopic (exact) mass is 390 g/mol. The van der Waals surface area contributed by atoms with Gasteiger partial charge in [0.05, 0.1) is 5.75 Å². The topological polar surface area (TPSA) is 66.9 Å². The number of thioether (sulfide) groups is 1. The molecule has 5 nitrogen and oxygen atoms in total. The summed E-state index contributed by atoms with van der Waals surface area (Å²) in [6.45, 7) is 6.58. The summed E-state index contributed by atoms with van der Waals surface area (Å²) in [5.74, 6) is 1.70. The van der Waals surface area contributed by atoms with Gasteiger partial charge in [0, 0.05) is 11.7 Å². The van der Waals surface area contributed by atoms with Gasteiger partial charge in [-0.2, -0.15) is 0 Å². The van der Waals surface area contributed by atoms with E-state index >= 15 is 0 Å². The molecular formula is C19H26N4OS2. The molecule has 1 aliphatic carbocycles. The highest BCUT2D eigenvalue weighted by Crippen LogP contribution is 2.30. The molecule has 0 saturated heterocycles. The lowest BCUT2D eigenvalue weighted by Crippen LogP contribution is -2.44. The zero-order chi connectivity index (χ0) is 18.5. The van der Waals surface area contributed by atoms with Crippen molar-refractivity contribution < 1.29 is 4.79 Å². The molecule has 0 unspecified atom stereocenters. The molecule has 0 aliphatic heterocycles. The van der Waals surface area contributed by atoms with Crippen LogP contribution in [0.25, 0.3) is 0 Å². The molecule has 2 aromatic rings. The highest BCUT2D eigenvalue weighted by atomic mass is 32.2. The van der Waals surface area contributed by atoms with Gasteiger partial charge in [0.1, 0.15) is 0 Å². The van der Waals surface area contributed by atoms with Crippen LogP contribution < -0.4 is 10.6 Å². The van der Waals surface area contributed by atoms with Crippen LogP contribution in [0, 0.1) is 18.8 Å². The number of hydrogen-bond acceptors (Lipinski definition) is 6. The summed E-state index contributed by atoms with van der Waals surface area (Å²) >= 11 is 2.92. The number of anilines is 2. The van der Waals surface area contributed by atoms with Crippen molar-refractivity contribution in [2.45, 2.75) is 50.4 Å². The molecule has 0 spiro atoms. The van der Waals surface area contributed by atoms with E-state index < -0.39 is 0 Å². The van der Waals surface area contributed by atoms with Gasteiger partial charge in [-0.15, -0.1) is 10.2 Å². The average Bonchev–Trinajstić information content (AvgIpc) is 3.05. The zero-order valence-electron chi connectivity index (χ0n) is 15.5. The second-order valence-corrected chi connectivity index (χ2v) is 9.30. The van der Waals surface area contributed by atoms with Crippen molar-refractivity contribution in [1.82, 2.24) is 15.5 Å². The Morgan fingerprint density at radius 2 is 2.15 bits per heavy atom. The quantitative estimate of drug-likeness (QED) is 0.704. The van der Waals surface area contributed by atoms with Crippen molar-refractivity contribution in [3.63, 3.8) is 0 Å². The van der Waals surface area contributed by atoms with E-state index in [1.807, 2.05) is 12.1 Å². The minimum atomic E-state index is 0.0874. The van der Waals surface area contributed by atoms with Gasteiger partial charge in [0.2, 0.25) is 11.0 Å². The van der Waals surface area contributed by atoms with Crippen molar-refractivity contribution in [2.75, 3.05) is 11.1 Å². The molecule has 26 heavy (non-hydrogen) atoms. The zero-order valence-corrected chi connectivity index (χ0v) is 17.1. The lowest BCUT2D eigenvalue weighted by atomic mass is 9.78. The van der Waals surface area contributed by atoms with E-state index in [9.17, 15) is 4.79 Å². The summed E-state index contributed by atoms with van der Waals surface area (Å²) in [4.78, 5) is 12.3. The van der Waals surface area contributed by atoms with Gasteiger partial charge < -0.3 is 10.6 Å². The third-order valence-corrected chi connectivity index (χ3v) is 7.03. The van der Waals surface area contributed by atoms with Gasteiger partial charge in [-0.1, -0.05) is 61.9 Å². The largest absolute Gasteiger partial charge is 0.352 e. The summed E-state index contributed by atoms with van der Waals surface area (Å²) in [6, 6.07) is 8.43. The van der Waals surface area contributed by atoms with E-state index in [2.05, 4.69) is 53.7 Å². The summed E-state index contributed by atoms with van der Waals surface area (Å²) < 4.78 is 0.806. The minimum Gasteiger partial charge on any atom is -0.352 e. The summed E-state index contributed by atoms with van der Waals surface area (Å²) in [5.41, 5.74) is 2.19. The second kappa shape index (κ2) is 8.86. The van der Waals surface area contributed by atoms with Crippen LogP contribution in [0.3, 0.4) is 0 Å². The van der Waals surface area contributed by atoms with Gasteiger partial charge in [-0.25, -0.2) is 0 Å². The number of benzene rings is 1. The fraction of sp³-hybridized carbons (Fsp3) is 0.526. The average molecular weight is 391 g/mol. The normalized spacial score (nSPS) is 22.8. The predicted octanol–water partition coefficient (Wildman–Crippen LogP) is 4.62. The van der Waals surface area contributed by atoms with Crippen LogP contribution in [0.4, 0.5) is 10.8 Å². The predicted molar refractivity (Wildman–Crippen MR) is 109 cm³/mol. The highest BCUT2D eigenvalue weighted by Gasteiger charge is 2.28. The Bertz CT molecular complexity index is 749. The van der Waals surface area contributed by atoms with E-state index in [1.165, 1.54) is 41.5 Å². The van der Waals surface area contributed by atoms with E-state index in [4.69, 9.17) is 0 Å². The van der Waals surface area contributed by atoms with Gasteiger partial charge in [0.15, 0.2) is 4.34 Å². The molecule has 3 atom stereocenters. The molecule has 1 aromatic heterocycles. The van der Waals surface area contributed by atoms with Crippen LogP contribution in [0.15, 0.2) is 28.6 Å². The lowest BCUT2D eigenvalue weighted by molar-refractivity contribution is -0.119. The van der Waals surface area contributed by atoms with E-state index in [1.54, 1.807) is 0 Å². The van der Waals surface area contributed by atoms with Crippen molar-refractivity contribution in [2.24, 2.45) is 11.8 Å². The van der Waals surface area contributed by atoms with Crippen LogP contribution >= 0.6 is 23.1 Å². The number of rotatable bonds is 6. The van der Waals surface area contributed by atoms with Gasteiger partial charge >= 0.3 is 0 Å². The van der Waals surface area contributed by atoms with Crippen molar-refractivity contribution in [1.29, 1.82) is 0 Å². The van der Waals surface area contributed by atoms with Gasteiger partial charge in [-0.05, 0) is 42.9 Å². The third kappa shape index (κ3) is 5.20. The number of carbonyl (C=O) groups is 1. The third-order valence-electron chi connectivity index (χ3n) is 5.06. The Morgan fingerprint density at radius 1 is 1.31 bits per heavy atom. The van der Waals surface area contributed by atoms with Crippen LogP contribution in [-0.4, -0.2) is 27.9 Å². The fourth-order valence-corrected chi connectivity index (χ4v) is 4.91. The smallest absolute Gasteiger partial charge is 0.230 e. The molecule has 1 aliphatic rings. The Morgan fingerprint density at radius 3 is 2.96 bits per heavy atom. The Hall–Kier alpha value is -1.60. The first kappa shape index (κ1) is 19.2. The molecule has 140 valence electrons. The molecule has 0 radical (unpaired) electrons. The maximum atomic E-state index is 12.3.